The van der Waals surface area contributed by atoms with Crippen molar-refractivity contribution in [2.45, 2.75) is 50.8 Å². The molecule has 1 unspecified atom stereocenters. The van der Waals surface area contributed by atoms with Gasteiger partial charge in [0.2, 0.25) is 0 Å². The number of ether oxygens (including phenoxy) is 1. The second-order valence-electron chi connectivity index (χ2n) is 9.12. The van der Waals surface area contributed by atoms with Gasteiger partial charge < -0.3 is 14.8 Å². The Morgan fingerprint density at radius 3 is 2.89 bits per heavy atom. The van der Waals surface area contributed by atoms with Gasteiger partial charge in [-0.25, -0.2) is 0 Å². The number of piperidine rings is 2. The number of likely N-dealkylation sites (tertiary alicyclic amines) is 2. The lowest BCUT2D eigenvalue weighted by Gasteiger charge is -2.51. The lowest BCUT2D eigenvalue weighted by Crippen LogP contribution is -2.56. The molecule has 0 amide bonds. The second-order valence-corrected chi connectivity index (χ2v) is 9.12. The first kappa shape index (κ1) is 18.6. The number of aromatic amines is 1. The number of nitrogens with one attached hydrogen (secondary N) is 1. The third-order valence-electron chi connectivity index (χ3n) is 7.18. The minimum atomic E-state index is -0.180. The maximum absolute atomic E-state index is 10.6. The Bertz CT molecular complexity index is 793. The molecule has 28 heavy (non-hydrogen) atoms. The summed E-state index contributed by atoms with van der Waals surface area (Å²) in [5, 5.41) is 10.6. The van der Waals surface area contributed by atoms with Crippen molar-refractivity contribution < 1.29 is 9.84 Å². The van der Waals surface area contributed by atoms with Gasteiger partial charge in [0.05, 0.1) is 17.1 Å². The van der Waals surface area contributed by atoms with Crippen LogP contribution in [0.25, 0.3) is 11.0 Å². The maximum atomic E-state index is 10.6. The molecule has 0 aliphatic carbocycles. The summed E-state index contributed by atoms with van der Waals surface area (Å²) in [5.41, 5.74) is 3.79. The van der Waals surface area contributed by atoms with Crippen molar-refractivity contribution in [2.75, 3.05) is 39.4 Å². The lowest BCUT2D eigenvalue weighted by molar-refractivity contribution is -0.0726. The minimum Gasteiger partial charge on any atom is -0.392 e. The number of rotatable bonds is 3. The van der Waals surface area contributed by atoms with E-state index in [1.807, 2.05) is 12.3 Å². The van der Waals surface area contributed by atoms with Gasteiger partial charge in [-0.1, -0.05) is 0 Å². The van der Waals surface area contributed by atoms with Crippen LogP contribution in [0.1, 0.15) is 37.7 Å². The molecule has 1 atom stereocenters. The van der Waals surface area contributed by atoms with Gasteiger partial charge in [0.15, 0.2) is 0 Å². The fourth-order valence-corrected chi connectivity index (χ4v) is 5.64. The monoisotopic (exact) mass is 384 g/mol. The van der Waals surface area contributed by atoms with E-state index in [4.69, 9.17) is 4.74 Å². The molecule has 2 N–H and O–H groups in total. The highest BCUT2D eigenvalue weighted by Crippen LogP contribution is 2.41. The number of pyridine rings is 1. The number of aromatic nitrogens is 2. The topological polar surface area (TPSA) is 64.6 Å². The van der Waals surface area contributed by atoms with Crippen molar-refractivity contribution in [3.8, 4) is 0 Å². The first-order chi connectivity index (χ1) is 13.7. The SMILES string of the molecule is OC1CN(C2CCOCC2)CC2(CCN(Cc3c[nH]c4cccnc34)CC2)C1. The highest BCUT2D eigenvalue weighted by molar-refractivity contribution is 5.78. The molecule has 0 radical (unpaired) electrons. The van der Waals surface area contributed by atoms with Gasteiger partial charge >= 0.3 is 0 Å². The summed E-state index contributed by atoms with van der Waals surface area (Å²) in [5.74, 6) is 0. The smallest absolute Gasteiger partial charge is 0.0923 e. The summed E-state index contributed by atoms with van der Waals surface area (Å²) in [6.45, 7) is 6.91. The molecule has 0 bridgehead atoms. The van der Waals surface area contributed by atoms with Crippen LogP contribution >= 0.6 is 0 Å². The Kier molecular flexibility index (Phi) is 5.13. The van der Waals surface area contributed by atoms with E-state index >= 15 is 0 Å². The normalized spacial score (nSPS) is 27.5. The molecular formula is C22H32N4O2. The molecule has 6 heteroatoms. The number of aliphatic hydroxyl groups excluding tert-OH is 1. The Hall–Kier alpha value is -1.47. The molecule has 0 saturated carbocycles. The number of hydrogen-bond donors (Lipinski definition) is 2. The lowest BCUT2D eigenvalue weighted by atomic mass is 9.71. The molecule has 3 saturated heterocycles. The van der Waals surface area contributed by atoms with Crippen LogP contribution in [0.5, 0.6) is 0 Å². The van der Waals surface area contributed by atoms with Crippen LogP contribution in [0, 0.1) is 5.41 Å². The summed E-state index contributed by atoms with van der Waals surface area (Å²) in [6, 6.07) is 4.66. The van der Waals surface area contributed by atoms with Gasteiger partial charge in [-0.2, -0.15) is 0 Å². The van der Waals surface area contributed by atoms with Crippen LogP contribution in [-0.4, -0.2) is 76.4 Å². The van der Waals surface area contributed by atoms with E-state index < -0.39 is 0 Å². The van der Waals surface area contributed by atoms with E-state index in [1.165, 1.54) is 18.4 Å². The molecule has 2 aromatic heterocycles. The number of aliphatic hydroxyl groups is 1. The highest BCUT2D eigenvalue weighted by atomic mass is 16.5. The standard InChI is InChI=1S/C22H32N4O2/c27-19-12-22(16-26(15-19)18-3-10-28-11-4-18)5-8-25(9-6-22)14-17-13-24-20-2-1-7-23-21(17)20/h1-2,7,13,18-19,24,27H,3-6,8-12,14-16H2. The van der Waals surface area contributed by atoms with Gasteiger partial charge in [-0.3, -0.25) is 14.8 Å². The molecule has 5 heterocycles. The first-order valence-corrected chi connectivity index (χ1v) is 10.8. The van der Waals surface area contributed by atoms with Gasteiger partial charge in [-0.15, -0.1) is 0 Å². The maximum Gasteiger partial charge on any atom is 0.0923 e. The zero-order valence-electron chi connectivity index (χ0n) is 16.6. The summed E-state index contributed by atoms with van der Waals surface area (Å²) >= 11 is 0. The predicted molar refractivity (Wildman–Crippen MR) is 109 cm³/mol. The van der Waals surface area contributed by atoms with Crippen molar-refractivity contribution in [1.82, 2.24) is 19.8 Å². The minimum absolute atomic E-state index is 0.180. The van der Waals surface area contributed by atoms with Gasteiger partial charge in [0.1, 0.15) is 0 Å². The van der Waals surface area contributed by atoms with Gasteiger partial charge in [0.25, 0.3) is 0 Å². The van der Waals surface area contributed by atoms with E-state index in [-0.39, 0.29) is 11.5 Å². The van der Waals surface area contributed by atoms with Gasteiger partial charge in [-0.05, 0) is 62.7 Å². The molecular weight excluding hydrogens is 352 g/mol. The van der Waals surface area contributed by atoms with E-state index in [9.17, 15) is 5.11 Å². The molecule has 3 aliphatic rings. The van der Waals surface area contributed by atoms with Gasteiger partial charge in [0, 0.05) is 56.8 Å². The van der Waals surface area contributed by atoms with E-state index in [2.05, 4.69) is 32.0 Å². The number of nitrogens with zero attached hydrogens (tertiary/aromatic N) is 3. The third-order valence-corrected chi connectivity index (χ3v) is 7.18. The largest absolute Gasteiger partial charge is 0.392 e. The number of β-amino-alcohol motifs (C(OH)–C–C–N with tert-alkyl or cyclic N) is 1. The Morgan fingerprint density at radius 2 is 2.07 bits per heavy atom. The first-order valence-electron chi connectivity index (χ1n) is 10.8. The highest BCUT2D eigenvalue weighted by Gasteiger charge is 2.43. The van der Waals surface area contributed by atoms with Crippen LogP contribution < -0.4 is 0 Å². The van der Waals surface area contributed by atoms with E-state index in [0.717, 1.165) is 76.2 Å². The predicted octanol–water partition coefficient (Wildman–Crippen LogP) is 2.39. The zero-order chi connectivity index (χ0) is 19.0. The van der Waals surface area contributed by atoms with E-state index in [1.54, 1.807) is 0 Å². The number of fused-ring (bicyclic) bond motifs is 1. The van der Waals surface area contributed by atoms with Crippen molar-refractivity contribution in [3.05, 3.63) is 30.1 Å². The number of hydrogen-bond acceptors (Lipinski definition) is 5. The van der Waals surface area contributed by atoms with Crippen molar-refractivity contribution >= 4 is 11.0 Å². The van der Waals surface area contributed by atoms with Crippen molar-refractivity contribution in [3.63, 3.8) is 0 Å². The second kappa shape index (κ2) is 7.75. The summed E-state index contributed by atoms with van der Waals surface area (Å²) in [4.78, 5) is 13.0. The molecule has 1 spiro atoms. The molecule has 5 rings (SSSR count). The number of H-pyrrole nitrogens is 1. The Morgan fingerprint density at radius 1 is 1.25 bits per heavy atom. The molecule has 3 aliphatic heterocycles. The average molecular weight is 385 g/mol. The van der Waals surface area contributed by atoms with E-state index in [0.29, 0.717) is 6.04 Å². The fourth-order valence-electron chi connectivity index (χ4n) is 5.64. The molecule has 6 nitrogen and oxygen atoms in total. The summed E-state index contributed by atoms with van der Waals surface area (Å²) in [7, 11) is 0. The van der Waals surface area contributed by atoms with Crippen LogP contribution in [0.4, 0.5) is 0 Å². The third kappa shape index (κ3) is 3.71. The molecule has 2 aromatic rings. The van der Waals surface area contributed by atoms with Crippen LogP contribution in [0.3, 0.4) is 0 Å². The molecule has 0 aromatic carbocycles. The average Bonchev–Trinajstić information content (AvgIpc) is 3.13. The van der Waals surface area contributed by atoms with Crippen molar-refractivity contribution in [2.24, 2.45) is 5.41 Å². The Balaban J connectivity index is 1.23. The van der Waals surface area contributed by atoms with Crippen LogP contribution in [-0.2, 0) is 11.3 Å². The summed E-state index contributed by atoms with van der Waals surface area (Å²) < 4.78 is 5.55. The molecule has 152 valence electrons. The molecule has 3 fully saturated rings. The quantitative estimate of drug-likeness (QED) is 0.851. The van der Waals surface area contributed by atoms with Crippen LogP contribution in [0.2, 0.25) is 0 Å². The van der Waals surface area contributed by atoms with Crippen molar-refractivity contribution in [1.29, 1.82) is 0 Å². The Labute approximate surface area is 166 Å². The zero-order valence-corrected chi connectivity index (χ0v) is 16.6. The fraction of sp³-hybridized carbons (Fsp3) is 0.682. The van der Waals surface area contributed by atoms with Crippen LogP contribution in [0.15, 0.2) is 24.5 Å². The summed E-state index contributed by atoms with van der Waals surface area (Å²) in [6.07, 6.45) is 9.36.